The van der Waals surface area contributed by atoms with Crippen molar-refractivity contribution in [3.05, 3.63) is 34.3 Å². The Morgan fingerprint density at radius 3 is 2.60 bits per heavy atom. The van der Waals surface area contributed by atoms with Gasteiger partial charge in [-0.15, -0.1) is 11.3 Å². The maximum atomic E-state index is 9.21. The second-order valence-corrected chi connectivity index (χ2v) is 4.71. The van der Waals surface area contributed by atoms with Crippen LogP contribution < -0.4 is 0 Å². The van der Waals surface area contributed by atoms with Gasteiger partial charge < -0.3 is 9.67 Å². The van der Waals surface area contributed by atoms with Crippen molar-refractivity contribution in [1.29, 1.82) is 0 Å². The fourth-order valence-corrected chi connectivity index (χ4v) is 2.75. The zero-order valence-corrected chi connectivity index (χ0v) is 10.1. The summed E-state index contributed by atoms with van der Waals surface area (Å²) in [5.41, 5.74) is 4.65. The van der Waals surface area contributed by atoms with Crippen LogP contribution in [0.1, 0.15) is 16.8 Å². The highest BCUT2D eigenvalue weighted by Crippen LogP contribution is 2.31. The largest absolute Gasteiger partial charge is 0.392 e. The lowest BCUT2D eigenvalue weighted by Crippen LogP contribution is -1.94. The Morgan fingerprint density at radius 2 is 2.13 bits per heavy atom. The predicted molar refractivity (Wildman–Crippen MR) is 64.1 cm³/mol. The number of aryl methyl sites for hydroxylation is 1. The molecule has 2 aromatic rings. The summed E-state index contributed by atoms with van der Waals surface area (Å²) in [6, 6.07) is 4.20. The van der Waals surface area contributed by atoms with Gasteiger partial charge in [0, 0.05) is 12.7 Å². The SMILES string of the molecule is Cc1ccsc1-c1cc(CO)c(C)n1C. The van der Waals surface area contributed by atoms with Crippen LogP contribution in [-0.4, -0.2) is 9.67 Å². The molecule has 0 fully saturated rings. The molecule has 0 spiro atoms. The Hall–Kier alpha value is -1.06. The van der Waals surface area contributed by atoms with E-state index in [0.717, 1.165) is 11.3 Å². The molecule has 2 heterocycles. The zero-order valence-electron chi connectivity index (χ0n) is 9.24. The summed E-state index contributed by atoms with van der Waals surface area (Å²) < 4.78 is 2.14. The lowest BCUT2D eigenvalue weighted by molar-refractivity contribution is 0.281. The first-order chi connectivity index (χ1) is 7.15. The van der Waals surface area contributed by atoms with Crippen molar-refractivity contribution in [2.75, 3.05) is 0 Å². The average molecular weight is 221 g/mol. The van der Waals surface area contributed by atoms with E-state index in [0.29, 0.717) is 0 Å². The first-order valence-corrected chi connectivity index (χ1v) is 5.83. The third kappa shape index (κ3) is 1.62. The Kier molecular flexibility index (Phi) is 2.67. The molecule has 0 saturated heterocycles. The average Bonchev–Trinajstić information content (AvgIpc) is 2.74. The summed E-state index contributed by atoms with van der Waals surface area (Å²) >= 11 is 1.75. The van der Waals surface area contributed by atoms with Crippen molar-refractivity contribution >= 4 is 11.3 Å². The topological polar surface area (TPSA) is 25.2 Å². The molecule has 0 atom stereocenters. The minimum atomic E-state index is 0.115. The molecular weight excluding hydrogens is 206 g/mol. The Balaban J connectivity index is 2.59. The Labute approximate surface area is 93.8 Å². The molecule has 0 aromatic carbocycles. The van der Waals surface area contributed by atoms with E-state index in [1.54, 1.807) is 11.3 Å². The van der Waals surface area contributed by atoms with Crippen LogP contribution in [0.15, 0.2) is 17.5 Å². The van der Waals surface area contributed by atoms with Crippen molar-refractivity contribution in [3.63, 3.8) is 0 Å². The second-order valence-electron chi connectivity index (χ2n) is 3.79. The number of aromatic nitrogens is 1. The first kappa shape index (κ1) is 10.5. The number of thiophene rings is 1. The normalized spacial score (nSPS) is 10.9. The van der Waals surface area contributed by atoms with Crippen molar-refractivity contribution in [2.45, 2.75) is 20.5 Å². The highest BCUT2D eigenvalue weighted by atomic mass is 32.1. The molecule has 3 heteroatoms. The summed E-state index contributed by atoms with van der Waals surface area (Å²) in [7, 11) is 2.04. The molecule has 0 amide bonds. The van der Waals surface area contributed by atoms with E-state index in [2.05, 4.69) is 29.0 Å². The molecule has 0 unspecified atom stereocenters. The molecule has 2 aromatic heterocycles. The van der Waals surface area contributed by atoms with Gasteiger partial charge in [-0.3, -0.25) is 0 Å². The van der Waals surface area contributed by atoms with Crippen LogP contribution in [0, 0.1) is 13.8 Å². The fraction of sp³-hybridized carbons (Fsp3) is 0.333. The van der Waals surface area contributed by atoms with Gasteiger partial charge in [-0.2, -0.15) is 0 Å². The van der Waals surface area contributed by atoms with Gasteiger partial charge in [-0.1, -0.05) is 0 Å². The molecule has 0 aliphatic carbocycles. The van der Waals surface area contributed by atoms with Gasteiger partial charge in [-0.05, 0) is 42.5 Å². The molecule has 0 aliphatic heterocycles. The van der Waals surface area contributed by atoms with Crippen LogP contribution in [-0.2, 0) is 13.7 Å². The number of hydrogen-bond acceptors (Lipinski definition) is 2. The molecule has 0 aliphatic rings. The van der Waals surface area contributed by atoms with Gasteiger partial charge in [-0.25, -0.2) is 0 Å². The number of hydrogen-bond donors (Lipinski definition) is 1. The maximum absolute atomic E-state index is 9.21. The van der Waals surface area contributed by atoms with Gasteiger partial charge in [0.2, 0.25) is 0 Å². The Bertz CT molecular complexity index is 482. The van der Waals surface area contributed by atoms with E-state index in [1.807, 2.05) is 14.0 Å². The molecule has 0 bridgehead atoms. The third-order valence-electron chi connectivity index (χ3n) is 2.91. The van der Waals surface area contributed by atoms with Gasteiger partial charge in [0.05, 0.1) is 17.2 Å². The van der Waals surface area contributed by atoms with Crippen LogP contribution in [0.3, 0.4) is 0 Å². The molecule has 80 valence electrons. The monoisotopic (exact) mass is 221 g/mol. The maximum Gasteiger partial charge on any atom is 0.0699 e. The van der Waals surface area contributed by atoms with E-state index in [9.17, 15) is 5.11 Å². The van der Waals surface area contributed by atoms with Crippen LogP contribution in [0.5, 0.6) is 0 Å². The molecule has 15 heavy (non-hydrogen) atoms. The van der Waals surface area contributed by atoms with Gasteiger partial charge in [0.15, 0.2) is 0 Å². The highest BCUT2D eigenvalue weighted by molar-refractivity contribution is 7.13. The van der Waals surface area contributed by atoms with E-state index < -0.39 is 0 Å². The minimum Gasteiger partial charge on any atom is -0.392 e. The van der Waals surface area contributed by atoms with Crippen LogP contribution in [0.2, 0.25) is 0 Å². The van der Waals surface area contributed by atoms with E-state index in [1.165, 1.54) is 16.1 Å². The molecule has 0 radical (unpaired) electrons. The summed E-state index contributed by atoms with van der Waals surface area (Å²) in [5, 5.41) is 11.3. The summed E-state index contributed by atoms with van der Waals surface area (Å²) in [6.45, 7) is 4.27. The van der Waals surface area contributed by atoms with Crippen LogP contribution in [0.4, 0.5) is 0 Å². The predicted octanol–water partition coefficient (Wildman–Crippen LogP) is 2.86. The van der Waals surface area contributed by atoms with E-state index in [-0.39, 0.29) is 6.61 Å². The van der Waals surface area contributed by atoms with Crippen molar-refractivity contribution in [3.8, 4) is 10.6 Å². The van der Waals surface area contributed by atoms with Crippen LogP contribution in [0.25, 0.3) is 10.6 Å². The van der Waals surface area contributed by atoms with Gasteiger partial charge >= 0.3 is 0 Å². The number of nitrogens with zero attached hydrogens (tertiary/aromatic N) is 1. The van der Waals surface area contributed by atoms with Gasteiger partial charge in [0.25, 0.3) is 0 Å². The summed E-state index contributed by atoms with van der Waals surface area (Å²) in [4.78, 5) is 1.29. The van der Waals surface area contributed by atoms with Crippen molar-refractivity contribution < 1.29 is 5.11 Å². The molecule has 2 rings (SSSR count). The Morgan fingerprint density at radius 1 is 1.40 bits per heavy atom. The number of rotatable bonds is 2. The van der Waals surface area contributed by atoms with Crippen molar-refractivity contribution in [1.82, 2.24) is 4.57 Å². The zero-order chi connectivity index (χ0) is 11.0. The molecule has 0 saturated carbocycles. The summed E-state index contributed by atoms with van der Waals surface area (Å²) in [5.74, 6) is 0. The lowest BCUT2D eigenvalue weighted by atomic mass is 10.2. The first-order valence-electron chi connectivity index (χ1n) is 4.95. The third-order valence-corrected chi connectivity index (χ3v) is 3.94. The molecule has 2 nitrogen and oxygen atoms in total. The fourth-order valence-electron chi connectivity index (χ4n) is 1.78. The van der Waals surface area contributed by atoms with Gasteiger partial charge in [0.1, 0.15) is 0 Å². The van der Waals surface area contributed by atoms with E-state index in [4.69, 9.17) is 0 Å². The number of aliphatic hydroxyl groups is 1. The second kappa shape index (κ2) is 3.83. The molecular formula is C12H15NOS. The molecule has 1 N–H and O–H groups in total. The smallest absolute Gasteiger partial charge is 0.0699 e. The number of aliphatic hydroxyl groups excluding tert-OH is 1. The highest BCUT2D eigenvalue weighted by Gasteiger charge is 2.12. The summed E-state index contributed by atoms with van der Waals surface area (Å²) in [6.07, 6.45) is 0. The van der Waals surface area contributed by atoms with Crippen LogP contribution >= 0.6 is 11.3 Å². The lowest BCUT2D eigenvalue weighted by Gasteiger charge is -2.04. The quantitative estimate of drug-likeness (QED) is 0.828. The minimum absolute atomic E-state index is 0.115. The standard InChI is InChI=1S/C12H15NOS/c1-8-4-5-15-12(8)11-6-10(7-14)9(2)13(11)3/h4-6,14H,7H2,1-3H3. The van der Waals surface area contributed by atoms with Crippen molar-refractivity contribution in [2.24, 2.45) is 7.05 Å². The van der Waals surface area contributed by atoms with E-state index >= 15 is 0 Å².